The molecule has 3 aromatic rings. The minimum atomic E-state index is -3.19. The zero-order chi connectivity index (χ0) is 20.1. The topological polar surface area (TPSA) is 77.3 Å². The van der Waals surface area contributed by atoms with Gasteiger partial charge in [-0.2, -0.15) is 8.78 Å². The lowest BCUT2D eigenvalue weighted by Crippen LogP contribution is -2.14. The van der Waals surface area contributed by atoms with E-state index in [1.54, 1.807) is 36.5 Å². The molecule has 1 atom stereocenters. The molecular formula is C19H14ClF2N3O3. The van der Waals surface area contributed by atoms with Crippen molar-refractivity contribution < 1.29 is 18.4 Å². The molecule has 0 aliphatic heterocycles. The van der Waals surface area contributed by atoms with Crippen molar-refractivity contribution in [2.24, 2.45) is 0 Å². The number of alkyl halides is 2. The highest BCUT2D eigenvalue weighted by atomic mass is 35.5. The molecule has 0 bridgehead atoms. The van der Waals surface area contributed by atoms with Crippen LogP contribution >= 0.6 is 11.6 Å². The van der Waals surface area contributed by atoms with E-state index in [1.807, 2.05) is 12.1 Å². The van der Waals surface area contributed by atoms with Crippen LogP contribution in [0.1, 0.15) is 17.3 Å². The molecule has 0 aliphatic carbocycles. The number of hydrogen-bond acceptors (Lipinski definition) is 5. The highest BCUT2D eigenvalue weighted by Crippen LogP contribution is 2.34. The van der Waals surface area contributed by atoms with Gasteiger partial charge in [-0.05, 0) is 35.9 Å². The quantitative estimate of drug-likeness (QED) is 0.418. The van der Waals surface area contributed by atoms with E-state index in [0.29, 0.717) is 16.4 Å². The van der Waals surface area contributed by atoms with Crippen LogP contribution < -0.4 is 10.1 Å². The molecule has 9 heteroatoms. The van der Waals surface area contributed by atoms with Gasteiger partial charge in [-0.15, -0.1) is 0 Å². The Morgan fingerprint density at radius 2 is 1.93 bits per heavy atom. The van der Waals surface area contributed by atoms with Gasteiger partial charge in [-0.3, -0.25) is 15.1 Å². The van der Waals surface area contributed by atoms with Gasteiger partial charge in [-0.1, -0.05) is 29.8 Å². The molecule has 3 rings (SSSR count). The summed E-state index contributed by atoms with van der Waals surface area (Å²) in [7, 11) is 0. The number of nitrogens with zero attached hydrogens (tertiary/aromatic N) is 2. The Labute approximate surface area is 163 Å². The number of aromatic nitrogens is 1. The van der Waals surface area contributed by atoms with Crippen molar-refractivity contribution >= 4 is 23.0 Å². The largest absolute Gasteiger partial charge is 0.427 e. The number of benzene rings is 2. The second-order valence-electron chi connectivity index (χ2n) is 5.71. The van der Waals surface area contributed by atoms with Crippen LogP contribution in [-0.4, -0.2) is 16.5 Å². The monoisotopic (exact) mass is 405 g/mol. The number of nitro groups is 1. The van der Waals surface area contributed by atoms with Crippen molar-refractivity contribution in [1.29, 1.82) is 0 Å². The lowest BCUT2D eigenvalue weighted by molar-refractivity contribution is -0.386. The molecule has 0 saturated heterocycles. The summed E-state index contributed by atoms with van der Waals surface area (Å²) in [5.41, 5.74) is 1.22. The lowest BCUT2D eigenvalue weighted by atomic mass is 10.0. The molecular weight excluding hydrogens is 392 g/mol. The minimum Gasteiger partial charge on any atom is -0.427 e. The van der Waals surface area contributed by atoms with Gasteiger partial charge in [0.25, 0.3) is 0 Å². The number of rotatable bonds is 7. The van der Waals surface area contributed by atoms with Crippen LogP contribution in [0.15, 0.2) is 66.9 Å². The minimum absolute atomic E-state index is 0.344. The maximum atomic E-state index is 12.6. The fourth-order valence-corrected chi connectivity index (χ4v) is 2.87. The molecule has 28 heavy (non-hydrogen) atoms. The maximum absolute atomic E-state index is 12.6. The van der Waals surface area contributed by atoms with Crippen LogP contribution in [0.5, 0.6) is 5.75 Å². The van der Waals surface area contributed by atoms with Crippen LogP contribution in [-0.2, 0) is 0 Å². The van der Waals surface area contributed by atoms with Gasteiger partial charge in [0.05, 0.1) is 16.7 Å². The number of pyridine rings is 1. The highest BCUT2D eigenvalue weighted by molar-refractivity contribution is 6.30. The predicted octanol–water partition coefficient (Wildman–Crippen LogP) is 5.45. The summed E-state index contributed by atoms with van der Waals surface area (Å²) in [4.78, 5) is 14.6. The number of nitro benzene ring substituents is 1. The second-order valence-corrected chi connectivity index (χ2v) is 6.14. The first-order chi connectivity index (χ1) is 13.4. The Balaban J connectivity index is 2.00. The van der Waals surface area contributed by atoms with Gasteiger partial charge in [0, 0.05) is 29.0 Å². The fourth-order valence-electron chi connectivity index (χ4n) is 2.67. The van der Waals surface area contributed by atoms with E-state index >= 15 is 0 Å². The molecule has 2 aromatic carbocycles. The normalized spacial score (nSPS) is 11.9. The molecule has 0 amide bonds. The summed E-state index contributed by atoms with van der Waals surface area (Å²) < 4.78 is 29.6. The first-order valence-electron chi connectivity index (χ1n) is 8.10. The molecule has 6 nitrogen and oxygen atoms in total. The Hall–Kier alpha value is -3.26. The van der Waals surface area contributed by atoms with Crippen molar-refractivity contribution in [2.75, 3.05) is 5.32 Å². The van der Waals surface area contributed by atoms with E-state index < -0.39 is 29.0 Å². The molecule has 1 heterocycles. The van der Waals surface area contributed by atoms with E-state index in [2.05, 4.69) is 15.0 Å². The zero-order valence-electron chi connectivity index (χ0n) is 14.3. The van der Waals surface area contributed by atoms with E-state index in [9.17, 15) is 18.9 Å². The van der Waals surface area contributed by atoms with E-state index in [4.69, 9.17) is 11.6 Å². The van der Waals surface area contributed by atoms with Crippen LogP contribution in [0.4, 0.5) is 20.2 Å². The third kappa shape index (κ3) is 4.72. The summed E-state index contributed by atoms with van der Waals surface area (Å²) >= 11 is 6.09. The van der Waals surface area contributed by atoms with Crippen molar-refractivity contribution in [3.63, 3.8) is 0 Å². The average Bonchev–Trinajstić information content (AvgIpc) is 2.66. The first-order valence-corrected chi connectivity index (χ1v) is 8.48. The van der Waals surface area contributed by atoms with Crippen molar-refractivity contribution in [3.05, 3.63) is 93.3 Å². The third-order valence-corrected chi connectivity index (χ3v) is 4.08. The Kier molecular flexibility index (Phi) is 6.00. The van der Waals surface area contributed by atoms with Crippen LogP contribution in [0.25, 0.3) is 0 Å². The van der Waals surface area contributed by atoms with E-state index in [0.717, 1.165) is 17.7 Å². The number of anilines is 1. The summed E-state index contributed by atoms with van der Waals surface area (Å²) in [6.07, 6.45) is 1.62. The molecule has 1 aromatic heterocycles. The van der Waals surface area contributed by atoms with Crippen molar-refractivity contribution in [2.45, 2.75) is 12.7 Å². The number of halogens is 3. The summed E-state index contributed by atoms with van der Waals surface area (Å²) in [5.74, 6) is -0.532. The van der Waals surface area contributed by atoms with Gasteiger partial charge in [0.15, 0.2) is 0 Å². The van der Waals surface area contributed by atoms with E-state index in [1.165, 1.54) is 6.07 Å². The van der Waals surface area contributed by atoms with Gasteiger partial charge >= 0.3 is 12.3 Å². The molecule has 0 radical (unpaired) electrons. The van der Waals surface area contributed by atoms with Gasteiger partial charge in [0.2, 0.25) is 5.75 Å². The number of nitrogens with one attached hydrogen (secondary N) is 1. The standard InChI is InChI=1S/C19H14ClF2N3O3/c20-13-5-3-4-12(10-13)18(15-6-1-2-9-23-15)24-14-7-8-16(25(26)27)17(11-14)28-19(21)22/h1-11,18-19,24H. The molecule has 1 unspecified atom stereocenters. The fraction of sp³-hybridized carbons (Fsp3) is 0.105. The molecule has 1 N–H and O–H groups in total. The number of ether oxygens (including phenoxy) is 1. The zero-order valence-corrected chi connectivity index (χ0v) is 15.0. The first kappa shape index (κ1) is 19.5. The van der Waals surface area contributed by atoms with E-state index in [-0.39, 0.29) is 0 Å². The predicted molar refractivity (Wildman–Crippen MR) is 101 cm³/mol. The molecule has 0 spiro atoms. The van der Waals surface area contributed by atoms with Gasteiger partial charge in [0.1, 0.15) is 0 Å². The second kappa shape index (κ2) is 8.62. The highest BCUT2D eigenvalue weighted by Gasteiger charge is 2.21. The van der Waals surface area contributed by atoms with Gasteiger partial charge < -0.3 is 10.1 Å². The Morgan fingerprint density at radius 1 is 1.11 bits per heavy atom. The summed E-state index contributed by atoms with van der Waals surface area (Å²) in [6.45, 7) is -3.19. The van der Waals surface area contributed by atoms with Crippen LogP contribution in [0.3, 0.4) is 0 Å². The van der Waals surface area contributed by atoms with Gasteiger partial charge in [-0.25, -0.2) is 0 Å². The Bertz CT molecular complexity index is 974. The number of hydrogen-bond donors (Lipinski definition) is 1. The van der Waals surface area contributed by atoms with Crippen LogP contribution in [0.2, 0.25) is 5.02 Å². The third-order valence-electron chi connectivity index (χ3n) is 3.85. The average molecular weight is 406 g/mol. The van der Waals surface area contributed by atoms with Crippen molar-refractivity contribution in [3.8, 4) is 5.75 Å². The molecule has 0 fully saturated rings. The lowest BCUT2D eigenvalue weighted by Gasteiger charge is -2.21. The van der Waals surface area contributed by atoms with Crippen molar-refractivity contribution in [1.82, 2.24) is 4.98 Å². The Morgan fingerprint density at radius 3 is 2.57 bits per heavy atom. The summed E-state index contributed by atoms with van der Waals surface area (Å²) in [6, 6.07) is 15.6. The molecule has 0 saturated carbocycles. The molecule has 0 aliphatic rings. The van der Waals surface area contributed by atoms with Crippen LogP contribution in [0, 0.1) is 10.1 Å². The maximum Gasteiger partial charge on any atom is 0.387 e. The SMILES string of the molecule is O=[N+]([O-])c1ccc(NC(c2cccc(Cl)c2)c2ccccn2)cc1OC(F)F. The summed E-state index contributed by atoms with van der Waals surface area (Å²) in [5, 5.41) is 14.7. The molecule has 144 valence electrons. The smallest absolute Gasteiger partial charge is 0.387 e.